The van der Waals surface area contributed by atoms with Crippen LogP contribution in [0.15, 0.2) is 6.33 Å². The molecule has 5 nitrogen and oxygen atoms in total. The van der Waals surface area contributed by atoms with E-state index in [0.717, 1.165) is 44.3 Å². The Morgan fingerprint density at radius 1 is 1.29 bits per heavy atom. The van der Waals surface area contributed by atoms with Gasteiger partial charge in [0.15, 0.2) is 0 Å². The SMILES string of the molecule is CCCNC1CCN(Cc2ncnn2CCC)CC1CC. The molecular formula is C16H31N5. The van der Waals surface area contributed by atoms with E-state index in [-0.39, 0.29) is 0 Å². The van der Waals surface area contributed by atoms with Crippen LogP contribution in [0.5, 0.6) is 0 Å². The molecule has 1 aliphatic heterocycles. The van der Waals surface area contributed by atoms with Gasteiger partial charge in [0, 0.05) is 25.7 Å². The normalized spacial score (nSPS) is 23.6. The highest BCUT2D eigenvalue weighted by Crippen LogP contribution is 2.21. The van der Waals surface area contributed by atoms with Crippen molar-refractivity contribution < 1.29 is 0 Å². The minimum absolute atomic E-state index is 0.694. The summed E-state index contributed by atoms with van der Waals surface area (Å²) >= 11 is 0. The molecule has 1 aromatic rings. The Kier molecular flexibility index (Phi) is 6.64. The first-order chi connectivity index (χ1) is 10.3. The maximum absolute atomic E-state index is 4.44. The second kappa shape index (κ2) is 8.49. The Labute approximate surface area is 129 Å². The minimum Gasteiger partial charge on any atom is -0.314 e. The summed E-state index contributed by atoms with van der Waals surface area (Å²) in [7, 11) is 0. The molecule has 2 rings (SSSR count). The van der Waals surface area contributed by atoms with Gasteiger partial charge in [0.25, 0.3) is 0 Å². The number of hydrogen-bond acceptors (Lipinski definition) is 4. The molecule has 0 spiro atoms. The highest BCUT2D eigenvalue weighted by molar-refractivity contribution is 4.90. The van der Waals surface area contributed by atoms with Gasteiger partial charge in [-0.1, -0.05) is 27.2 Å². The van der Waals surface area contributed by atoms with Gasteiger partial charge in [0.05, 0.1) is 6.54 Å². The number of piperidine rings is 1. The van der Waals surface area contributed by atoms with Crippen molar-refractivity contribution in [2.75, 3.05) is 19.6 Å². The van der Waals surface area contributed by atoms with Crippen molar-refractivity contribution in [1.29, 1.82) is 0 Å². The molecule has 0 radical (unpaired) electrons. The molecule has 0 aliphatic carbocycles. The molecule has 1 fully saturated rings. The first kappa shape index (κ1) is 16.4. The largest absolute Gasteiger partial charge is 0.314 e. The van der Waals surface area contributed by atoms with E-state index in [1.807, 2.05) is 0 Å². The lowest BCUT2D eigenvalue weighted by molar-refractivity contribution is 0.124. The molecule has 21 heavy (non-hydrogen) atoms. The van der Waals surface area contributed by atoms with E-state index in [9.17, 15) is 0 Å². The molecule has 1 aliphatic rings. The van der Waals surface area contributed by atoms with Crippen LogP contribution in [0.2, 0.25) is 0 Å². The monoisotopic (exact) mass is 293 g/mol. The molecular weight excluding hydrogens is 262 g/mol. The summed E-state index contributed by atoms with van der Waals surface area (Å²) in [4.78, 5) is 6.99. The minimum atomic E-state index is 0.694. The Balaban J connectivity index is 1.89. The van der Waals surface area contributed by atoms with Gasteiger partial charge in [-0.2, -0.15) is 5.10 Å². The van der Waals surface area contributed by atoms with Crippen molar-refractivity contribution >= 4 is 0 Å². The number of nitrogens with zero attached hydrogens (tertiary/aromatic N) is 4. The van der Waals surface area contributed by atoms with Crippen LogP contribution in [0.4, 0.5) is 0 Å². The lowest BCUT2D eigenvalue weighted by Crippen LogP contribution is -2.49. The molecule has 2 heterocycles. The number of hydrogen-bond donors (Lipinski definition) is 1. The zero-order valence-electron chi connectivity index (χ0n) is 13.9. The number of likely N-dealkylation sites (tertiary alicyclic amines) is 1. The summed E-state index contributed by atoms with van der Waals surface area (Å²) in [6, 6.07) is 0.694. The third kappa shape index (κ3) is 4.51. The Hall–Kier alpha value is -0.940. The second-order valence-corrected chi connectivity index (χ2v) is 6.15. The summed E-state index contributed by atoms with van der Waals surface area (Å²) < 4.78 is 2.06. The maximum atomic E-state index is 4.44. The van der Waals surface area contributed by atoms with Crippen LogP contribution in [0.25, 0.3) is 0 Å². The van der Waals surface area contributed by atoms with Gasteiger partial charge >= 0.3 is 0 Å². The molecule has 1 saturated heterocycles. The molecule has 0 saturated carbocycles. The highest BCUT2D eigenvalue weighted by Gasteiger charge is 2.28. The van der Waals surface area contributed by atoms with Crippen LogP contribution in [0, 0.1) is 5.92 Å². The Bertz CT molecular complexity index is 403. The van der Waals surface area contributed by atoms with E-state index in [0.29, 0.717) is 6.04 Å². The molecule has 1 aromatic heterocycles. The van der Waals surface area contributed by atoms with Gasteiger partial charge in [-0.25, -0.2) is 9.67 Å². The number of nitrogens with one attached hydrogen (secondary N) is 1. The van der Waals surface area contributed by atoms with Gasteiger partial charge in [-0.15, -0.1) is 0 Å². The molecule has 0 bridgehead atoms. The van der Waals surface area contributed by atoms with Gasteiger partial charge in [0.1, 0.15) is 12.2 Å². The average molecular weight is 293 g/mol. The van der Waals surface area contributed by atoms with E-state index in [1.165, 1.54) is 25.8 Å². The van der Waals surface area contributed by atoms with E-state index in [1.54, 1.807) is 6.33 Å². The smallest absolute Gasteiger partial charge is 0.141 e. The van der Waals surface area contributed by atoms with Crippen LogP contribution < -0.4 is 5.32 Å². The van der Waals surface area contributed by atoms with E-state index in [2.05, 4.69) is 45.8 Å². The van der Waals surface area contributed by atoms with Gasteiger partial charge < -0.3 is 5.32 Å². The molecule has 5 heteroatoms. The van der Waals surface area contributed by atoms with Crippen molar-refractivity contribution in [1.82, 2.24) is 25.0 Å². The summed E-state index contributed by atoms with van der Waals surface area (Å²) in [6.07, 6.45) is 6.52. The van der Waals surface area contributed by atoms with Crippen LogP contribution in [-0.4, -0.2) is 45.3 Å². The fourth-order valence-corrected chi connectivity index (χ4v) is 3.27. The van der Waals surface area contributed by atoms with Crippen molar-refractivity contribution in [2.45, 2.75) is 65.6 Å². The summed E-state index contributed by atoms with van der Waals surface area (Å²) in [5.41, 5.74) is 0. The number of aryl methyl sites for hydroxylation is 1. The van der Waals surface area contributed by atoms with Crippen LogP contribution in [0.3, 0.4) is 0 Å². The molecule has 2 atom stereocenters. The Morgan fingerprint density at radius 2 is 2.14 bits per heavy atom. The van der Waals surface area contributed by atoms with Crippen molar-refractivity contribution in [2.24, 2.45) is 5.92 Å². The Morgan fingerprint density at radius 3 is 2.86 bits per heavy atom. The zero-order chi connectivity index (χ0) is 15.1. The van der Waals surface area contributed by atoms with Crippen molar-refractivity contribution in [3.8, 4) is 0 Å². The zero-order valence-corrected chi connectivity index (χ0v) is 13.9. The molecule has 0 aromatic carbocycles. The van der Waals surface area contributed by atoms with Gasteiger partial charge in [-0.05, 0) is 31.7 Å². The molecule has 0 amide bonds. The second-order valence-electron chi connectivity index (χ2n) is 6.15. The molecule has 2 unspecified atom stereocenters. The van der Waals surface area contributed by atoms with E-state index in [4.69, 9.17) is 0 Å². The van der Waals surface area contributed by atoms with E-state index >= 15 is 0 Å². The maximum Gasteiger partial charge on any atom is 0.141 e. The van der Waals surface area contributed by atoms with Gasteiger partial charge in [-0.3, -0.25) is 4.90 Å². The predicted octanol–water partition coefficient (Wildman–Crippen LogP) is 2.29. The van der Waals surface area contributed by atoms with Crippen LogP contribution in [0.1, 0.15) is 52.3 Å². The van der Waals surface area contributed by atoms with Gasteiger partial charge in [0.2, 0.25) is 0 Å². The predicted molar refractivity (Wildman–Crippen MR) is 86.1 cm³/mol. The lowest BCUT2D eigenvalue weighted by atomic mass is 9.90. The van der Waals surface area contributed by atoms with Crippen molar-refractivity contribution in [3.63, 3.8) is 0 Å². The molecule has 120 valence electrons. The van der Waals surface area contributed by atoms with E-state index < -0.39 is 0 Å². The first-order valence-electron chi connectivity index (χ1n) is 8.60. The average Bonchev–Trinajstić information content (AvgIpc) is 2.93. The van der Waals surface area contributed by atoms with Crippen molar-refractivity contribution in [3.05, 3.63) is 12.2 Å². The summed E-state index contributed by atoms with van der Waals surface area (Å²) in [5.74, 6) is 1.87. The molecule has 1 N–H and O–H groups in total. The lowest BCUT2D eigenvalue weighted by Gasteiger charge is -2.38. The third-order valence-corrected chi connectivity index (χ3v) is 4.50. The first-order valence-corrected chi connectivity index (χ1v) is 8.60. The van der Waals surface area contributed by atoms with Crippen LogP contribution >= 0.6 is 0 Å². The standard InChI is InChI=1S/C16H31N5/c1-4-8-17-15-7-10-20(11-14(15)6-3)12-16-18-13-19-21(16)9-5-2/h13-15,17H,4-12H2,1-3H3. The third-order valence-electron chi connectivity index (χ3n) is 4.50. The summed E-state index contributed by atoms with van der Waals surface area (Å²) in [6.45, 7) is 12.1. The fourth-order valence-electron chi connectivity index (χ4n) is 3.27. The highest BCUT2D eigenvalue weighted by atomic mass is 15.3. The number of rotatable bonds is 8. The topological polar surface area (TPSA) is 46.0 Å². The quantitative estimate of drug-likeness (QED) is 0.799. The van der Waals surface area contributed by atoms with Crippen LogP contribution in [-0.2, 0) is 13.1 Å². The number of aromatic nitrogens is 3. The summed E-state index contributed by atoms with van der Waals surface area (Å²) in [5, 5.41) is 8.06. The fraction of sp³-hybridized carbons (Fsp3) is 0.875.